The molecule has 0 saturated heterocycles. The van der Waals surface area contributed by atoms with Crippen molar-refractivity contribution in [2.45, 2.75) is 19.4 Å². The number of para-hydroxylation sites is 1. The average molecular weight is 389 g/mol. The van der Waals surface area contributed by atoms with E-state index in [1.54, 1.807) is 47.7 Å². The summed E-state index contributed by atoms with van der Waals surface area (Å²) in [6.07, 6.45) is 0.856. The van der Waals surface area contributed by atoms with Crippen molar-refractivity contribution in [3.05, 3.63) is 41.5 Å². The van der Waals surface area contributed by atoms with Crippen LogP contribution in [-0.2, 0) is 17.8 Å². The van der Waals surface area contributed by atoms with E-state index in [9.17, 15) is 4.79 Å². The molecule has 0 unspecified atom stereocenters. The Morgan fingerprint density at radius 2 is 1.43 bits per heavy atom. The first kappa shape index (κ1) is 21.2. The maximum atomic E-state index is 12.3. The second-order valence-corrected chi connectivity index (χ2v) is 5.95. The average Bonchev–Trinajstić information content (AvgIpc) is 2.74. The van der Waals surface area contributed by atoms with Crippen LogP contribution in [0.4, 0.5) is 0 Å². The normalized spacial score (nSPS) is 10.2. The molecule has 7 nitrogen and oxygen atoms in total. The van der Waals surface area contributed by atoms with E-state index >= 15 is 0 Å². The number of nitrogens with one attached hydrogen (secondary N) is 1. The first-order chi connectivity index (χ1) is 13.6. The number of rotatable bonds is 10. The molecule has 0 heterocycles. The standard InChI is InChI=1S/C21H27NO6/c1-24-16-8-6-7-14(21(16)28-5)9-10-20(23)22-13-15-11-18(26-3)19(27-4)12-17(15)25-2/h6-8,11-12H,9-10,13H2,1-5H3,(H,22,23). The molecule has 0 aromatic heterocycles. The molecule has 0 fully saturated rings. The molecule has 0 atom stereocenters. The van der Waals surface area contributed by atoms with E-state index in [-0.39, 0.29) is 5.91 Å². The van der Waals surface area contributed by atoms with Gasteiger partial charge in [0.15, 0.2) is 23.0 Å². The maximum absolute atomic E-state index is 12.3. The molecule has 152 valence electrons. The smallest absolute Gasteiger partial charge is 0.220 e. The number of methoxy groups -OCH3 is 5. The third-order valence-corrected chi connectivity index (χ3v) is 4.37. The van der Waals surface area contributed by atoms with Gasteiger partial charge in [-0.15, -0.1) is 0 Å². The highest BCUT2D eigenvalue weighted by Gasteiger charge is 2.14. The van der Waals surface area contributed by atoms with Crippen molar-refractivity contribution in [3.8, 4) is 28.7 Å². The Bertz CT molecular complexity index is 806. The summed E-state index contributed by atoms with van der Waals surface area (Å²) in [7, 11) is 7.87. The Balaban J connectivity index is 2.02. The lowest BCUT2D eigenvalue weighted by Crippen LogP contribution is -2.23. The molecule has 2 rings (SSSR count). The summed E-state index contributed by atoms with van der Waals surface area (Å²) in [6, 6.07) is 9.16. The van der Waals surface area contributed by atoms with Crippen molar-refractivity contribution >= 4 is 5.91 Å². The van der Waals surface area contributed by atoms with Gasteiger partial charge in [-0.05, 0) is 24.1 Å². The van der Waals surface area contributed by atoms with E-state index in [0.29, 0.717) is 48.1 Å². The van der Waals surface area contributed by atoms with E-state index in [4.69, 9.17) is 23.7 Å². The second-order valence-electron chi connectivity index (χ2n) is 5.95. The van der Waals surface area contributed by atoms with E-state index in [1.807, 2.05) is 18.2 Å². The van der Waals surface area contributed by atoms with E-state index < -0.39 is 0 Å². The zero-order chi connectivity index (χ0) is 20.5. The molecule has 1 N–H and O–H groups in total. The molecule has 0 radical (unpaired) electrons. The van der Waals surface area contributed by atoms with Gasteiger partial charge in [-0.1, -0.05) is 12.1 Å². The van der Waals surface area contributed by atoms with Crippen LogP contribution in [0.3, 0.4) is 0 Å². The fourth-order valence-corrected chi connectivity index (χ4v) is 2.91. The predicted octanol–water partition coefficient (Wildman–Crippen LogP) is 2.98. The molecule has 0 aliphatic rings. The molecular formula is C21H27NO6. The summed E-state index contributed by atoms with van der Waals surface area (Å²) in [5, 5.41) is 2.91. The Kier molecular flexibility index (Phi) is 7.80. The zero-order valence-corrected chi connectivity index (χ0v) is 17.0. The third kappa shape index (κ3) is 5.00. The minimum absolute atomic E-state index is 0.0817. The van der Waals surface area contributed by atoms with Crippen molar-refractivity contribution in [2.75, 3.05) is 35.5 Å². The van der Waals surface area contributed by atoms with Crippen LogP contribution >= 0.6 is 0 Å². The fraction of sp³-hybridized carbons (Fsp3) is 0.381. The van der Waals surface area contributed by atoms with Crippen LogP contribution in [0.15, 0.2) is 30.3 Å². The number of benzene rings is 2. The number of ether oxygens (including phenoxy) is 5. The molecular weight excluding hydrogens is 362 g/mol. The van der Waals surface area contributed by atoms with Crippen LogP contribution in [-0.4, -0.2) is 41.5 Å². The molecule has 0 aliphatic heterocycles. The minimum Gasteiger partial charge on any atom is -0.496 e. The maximum Gasteiger partial charge on any atom is 0.220 e. The number of aryl methyl sites for hydroxylation is 1. The van der Waals surface area contributed by atoms with Crippen molar-refractivity contribution in [2.24, 2.45) is 0 Å². The van der Waals surface area contributed by atoms with Crippen molar-refractivity contribution in [1.82, 2.24) is 5.32 Å². The SMILES string of the molecule is COc1cc(OC)c(OC)cc1CNC(=O)CCc1cccc(OC)c1OC. The van der Waals surface area contributed by atoms with Gasteiger partial charge in [0.25, 0.3) is 0 Å². The highest BCUT2D eigenvalue weighted by Crippen LogP contribution is 2.34. The van der Waals surface area contributed by atoms with E-state index in [1.165, 1.54) is 0 Å². The first-order valence-electron chi connectivity index (χ1n) is 8.83. The Morgan fingerprint density at radius 3 is 2.04 bits per heavy atom. The molecule has 0 aliphatic carbocycles. The highest BCUT2D eigenvalue weighted by molar-refractivity contribution is 5.76. The van der Waals surface area contributed by atoms with Gasteiger partial charge in [0.05, 0.1) is 35.5 Å². The summed E-state index contributed by atoms with van der Waals surface area (Å²) in [5.41, 5.74) is 1.72. The van der Waals surface area contributed by atoms with Gasteiger partial charge < -0.3 is 29.0 Å². The molecule has 0 saturated carbocycles. The van der Waals surface area contributed by atoms with Gasteiger partial charge >= 0.3 is 0 Å². The number of hydrogen-bond donors (Lipinski definition) is 1. The predicted molar refractivity (Wildman–Crippen MR) is 106 cm³/mol. The number of carbonyl (C=O) groups excluding carboxylic acids is 1. The highest BCUT2D eigenvalue weighted by atomic mass is 16.5. The zero-order valence-electron chi connectivity index (χ0n) is 17.0. The molecule has 2 aromatic carbocycles. The van der Waals surface area contributed by atoms with Crippen LogP contribution in [0.25, 0.3) is 0 Å². The summed E-state index contributed by atoms with van der Waals surface area (Å²) in [6.45, 7) is 0.317. The summed E-state index contributed by atoms with van der Waals surface area (Å²) < 4.78 is 26.7. The van der Waals surface area contributed by atoms with Gasteiger partial charge in [0.2, 0.25) is 5.91 Å². The third-order valence-electron chi connectivity index (χ3n) is 4.37. The largest absolute Gasteiger partial charge is 0.496 e. The number of carbonyl (C=O) groups is 1. The molecule has 0 bridgehead atoms. The lowest BCUT2D eigenvalue weighted by Gasteiger charge is -2.15. The summed E-state index contributed by atoms with van der Waals surface area (Å²) in [5.74, 6) is 2.98. The van der Waals surface area contributed by atoms with Crippen LogP contribution in [0.1, 0.15) is 17.5 Å². The Labute approximate surface area is 165 Å². The van der Waals surface area contributed by atoms with Crippen molar-refractivity contribution in [1.29, 1.82) is 0 Å². The van der Waals surface area contributed by atoms with E-state index in [2.05, 4.69) is 5.32 Å². The molecule has 1 amide bonds. The van der Waals surface area contributed by atoms with E-state index in [0.717, 1.165) is 11.1 Å². The van der Waals surface area contributed by atoms with Crippen molar-refractivity contribution < 1.29 is 28.5 Å². The van der Waals surface area contributed by atoms with Crippen LogP contribution in [0.2, 0.25) is 0 Å². The van der Waals surface area contributed by atoms with Gasteiger partial charge in [-0.3, -0.25) is 4.79 Å². The lowest BCUT2D eigenvalue weighted by atomic mass is 10.1. The number of hydrogen-bond acceptors (Lipinski definition) is 6. The van der Waals surface area contributed by atoms with Crippen LogP contribution in [0.5, 0.6) is 28.7 Å². The minimum atomic E-state index is -0.0817. The molecule has 2 aromatic rings. The molecule has 0 spiro atoms. The van der Waals surface area contributed by atoms with Gasteiger partial charge in [-0.2, -0.15) is 0 Å². The number of amides is 1. The van der Waals surface area contributed by atoms with Crippen LogP contribution in [0, 0.1) is 0 Å². The van der Waals surface area contributed by atoms with Gasteiger partial charge in [0.1, 0.15) is 5.75 Å². The monoisotopic (exact) mass is 389 g/mol. The van der Waals surface area contributed by atoms with Crippen molar-refractivity contribution in [3.63, 3.8) is 0 Å². The first-order valence-corrected chi connectivity index (χ1v) is 8.83. The summed E-state index contributed by atoms with van der Waals surface area (Å²) in [4.78, 5) is 12.3. The topological polar surface area (TPSA) is 75.2 Å². The second kappa shape index (κ2) is 10.3. The fourth-order valence-electron chi connectivity index (χ4n) is 2.91. The lowest BCUT2D eigenvalue weighted by molar-refractivity contribution is -0.121. The van der Waals surface area contributed by atoms with Crippen LogP contribution < -0.4 is 29.0 Å². The van der Waals surface area contributed by atoms with Gasteiger partial charge in [0, 0.05) is 24.6 Å². The molecule has 7 heteroatoms. The quantitative estimate of drug-likeness (QED) is 0.673. The summed E-state index contributed by atoms with van der Waals surface area (Å²) >= 11 is 0. The molecule has 28 heavy (non-hydrogen) atoms. The Hall–Kier alpha value is -3.09. The van der Waals surface area contributed by atoms with Gasteiger partial charge in [-0.25, -0.2) is 0 Å². The Morgan fingerprint density at radius 1 is 0.786 bits per heavy atom.